The zero-order valence-electron chi connectivity index (χ0n) is 15.6. The number of aliphatic imine (C=N–C) groups is 1. The van der Waals surface area contributed by atoms with Crippen LogP contribution in [0.2, 0.25) is 0 Å². The van der Waals surface area contributed by atoms with E-state index in [0.29, 0.717) is 11.7 Å². The number of aryl methyl sites for hydroxylation is 2. The highest BCUT2D eigenvalue weighted by Gasteiger charge is 2.27. The SMILES string of the molecule is Cc1ccc(N2C(=O)CN=C2SCC(=O)NCCc2ccccc2C)cc1. The van der Waals surface area contributed by atoms with Crippen LogP contribution < -0.4 is 10.2 Å². The lowest BCUT2D eigenvalue weighted by molar-refractivity contribution is -0.118. The van der Waals surface area contributed by atoms with Crippen LogP contribution in [-0.2, 0) is 16.0 Å². The van der Waals surface area contributed by atoms with Gasteiger partial charge in [-0.2, -0.15) is 0 Å². The highest BCUT2D eigenvalue weighted by molar-refractivity contribution is 8.14. The van der Waals surface area contributed by atoms with E-state index in [1.165, 1.54) is 22.9 Å². The molecule has 0 fully saturated rings. The minimum Gasteiger partial charge on any atom is -0.355 e. The Morgan fingerprint density at radius 3 is 2.63 bits per heavy atom. The van der Waals surface area contributed by atoms with E-state index >= 15 is 0 Å². The van der Waals surface area contributed by atoms with E-state index in [9.17, 15) is 9.59 Å². The van der Waals surface area contributed by atoms with Crippen LogP contribution in [0, 0.1) is 13.8 Å². The van der Waals surface area contributed by atoms with Gasteiger partial charge in [-0.05, 0) is 43.5 Å². The quantitative estimate of drug-likeness (QED) is 0.836. The van der Waals surface area contributed by atoms with Gasteiger partial charge in [0.05, 0.1) is 11.4 Å². The molecule has 6 heteroatoms. The summed E-state index contributed by atoms with van der Waals surface area (Å²) < 4.78 is 0. The summed E-state index contributed by atoms with van der Waals surface area (Å²) in [6.07, 6.45) is 0.804. The topological polar surface area (TPSA) is 61.8 Å². The Morgan fingerprint density at radius 1 is 1.15 bits per heavy atom. The molecule has 1 aliphatic heterocycles. The highest BCUT2D eigenvalue weighted by atomic mass is 32.2. The van der Waals surface area contributed by atoms with Crippen molar-refractivity contribution >= 4 is 34.4 Å². The number of amides is 2. The number of hydrogen-bond donors (Lipinski definition) is 1. The van der Waals surface area contributed by atoms with E-state index in [1.54, 1.807) is 4.90 Å². The summed E-state index contributed by atoms with van der Waals surface area (Å²) in [5.74, 6) is 0.114. The Bertz CT molecular complexity index is 862. The Morgan fingerprint density at radius 2 is 1.89 bits per heavy atom. The molecule has 0 radical (unpaired) electrons. The van der Waals surface area contributed by atoms with Crippen LogP contribution in [0.5, 0.6) is 0 Å². The van der Waals surface area contributed by atoms with E-state index in [0.717, 1.165) is 17.7 Å². The van der Waals surface area contributed by atoms with Gasteiger partial charge in [-0.15, -0.1) is 0 Å². The van der Waals surface area contributed by atoms with Gasteiger partial charge in [0.1, 0.15) is 6.54 Å². The Labute approximate surface area is 163 Å². The van der Waals surface area contributed by atoms with Gasteiger partial charge in [0.2, 0.25) is 5.91 Å². The fraction of sp³-hybridized carbons (Fsp3) is 0.286. The molecule has 5 nitrogen and oxygen atoms in total. The number of nitrogens with one attached hydrogen (secondary N) is 1. The lowest BCUT2D eigenvalue weighted by atomic mass is 10.1. The molecule has 0 aliphatic carbocycles. The zero-order chi connectivity index (χ0) is 19.2. The second-order valence-electron chi connectivity index (χ2n) is 6.48. The van der Waals surface area contributed by atoms with Gasteiger partial charge in [-0.25, -0.2) is 0 Å². The molecule has 2 aromatic carbocycles. The van der Waals surface area contributed by atoms with Crippen LogP contribution in [-0.4, -0.2) is 35.8 Å². The van der Waals surface area contributed by atoms with Crippen LogP contribution in [0.3, 0.4) is 0 Å². The van der Waals surface area contributed by atoms with E-state index in [2.05, 4.69) is 29.4 Å². The number of anilines is 1. The molecule has 1 N–H and O–H groups in total. The molecule has 0 saturated heterocycles. The molecule has 0 bridgehead atoms. The van der Waals surface area contributed by atoms with Crippen molar-refractivity contribution in [2.24, 2.45) is 4.99 Å². The summed E-state index contributed by atoms with van der Waals surface area (Å²) in [7, 11) is 0. The molecular formula is C21H23N3O2S. The maximum absolute atomic E-state index is 12.2. The van der Waals surface area contributed by atoms with Crippen LogP contribution in [0.4, 0.5) is 5.69 Å². The molecule has 0 saturated carbocycles. The monoisotopic (exact) mass is 381 g/mol. The molecule has 1 heterocycles. The van der Waals surface area contributed by atoms with E-state index in [1.807, 2.05) is 43.3 Å². The number of nitrogens with zero attached hydrogens (tertiary/aromatic N) is 2. The normalized spacial score (nSPS) is 13.6. The van der Waals surface area contributed by atoms with E-state index < -0.39 is 0 Å². The van der Waals surface area contributed by atoms with Crippen LogP contribution in [0.25, 0.3) is 0 Å². The second-order valence-corrected chi connectivity index (χ2v) is 7.42. The first-order valence-electron chi connectivity index (χ1n) is 8.92. The van der Waals surface area contributed by atoms with Gasteiger partial charge in [0, 0.05) is 6.54 Å². The van der Waals surface area contributed by atoms with Crippen LogP contribution >= 0.6 is 11.8 Å². The molecule has 0 atom stereocenters. The van der Waals surface area contributed by atoms with Crippen molar-refractivity contribution in [2.75, 3.05) is 23.7 Å². The van der Waals surface area contributed by atoms with Gasteiger partial charge < -0.3 is 5.32 Å². The summed E-state index contributed by atoms with van der Waals surface area (Å²) in [5.41, 5.74) is 4.38. The van der Waals surface area contributed by atoms with Crippen molar-refractivity contribution in [2.45, 2.75) is 20.3 Å². The molecule has 0 spiro atoms. The van der Waals surface area contributed by atoms with Gasteiger partial charge in [-0.1, -0.05) is 53.7 Å². The van der Waals surface area contributed by atoms with Gasteiger partial charge in [-0.3, -0.25) is 19.5 Å². The number of benzene rings is 2. The minimum absolute atomic E-state index is 0.0560. The zero-order valence-corrected chi connectivity index (χ0v) is 16.4. The second kappa shape index (κ2) is 8.86. The maximum atomic E-state index is 12.2. The van der Waals surface area contributed by atoms with Crippen molar-refractivity contribution in [3.63, 3.8) is 0 Å². The largest absolute Gasteiger partial charge is 0.355 e. The minimum atomic E-state index is -0.0682. The Balaban J connectivity index is 1.50. The molecular weight excluding hydrogens is 358 g/mol. The average Bonchev–Trinajstić information content (AvgIpc) is 3.03. The first-order chi connectivity index (χ1) is 13.0. The Hall–Kier alpha value is -2.60. The van der Waals surface area contributed by atoms with Crippen LogP contribution in [0.15, 0.2) is 53.5 Å². The fourth-order valence-corrected chi connectivity index (χ4v) is 3.70. The van der Waals surface area contributed by atoms with Crippen molar-refractivity contribution in [3.8, 4) is 0 Å². The van der Waals surface area contributed by atoms with Gasteiger partial charge >= 0.3 is 0 Å². The molecule has 2 aromatic rings. The predicted octanol–water partition coefficient (Wildman–Crippen LogP) is 3.10. The summed E-state index contributed by atoms with van der Waals surface area (Å²) in [6, 6.07) is 15.9. The van der Waals surface area contributed by atoms with Crippen molar-refractivity contribution in [1.29, 1.82) is 0 Å². The predicted molar refractivity (Wildman–Crippen MR) is 111 cm³/mol. The van der Waals surface area contributed by atoms with Crippen molar-refractivity contribution in [1.82, 2.24) is 5.32 Å². The fourth-order valence-electron chi connectivity index (χ4n) is 2.85. The van der Waals surface area contributed by atoms with Gasteiger partial charge in [0.25, 0.3) is 5.91 Å². The molecule has 3 rings (SSSR count). The first-order valence-corrected chi connectivity index (χ1v) is 9.91. The maximum Gasteiger partial charge on any atom is 0.254 e. The molecule has 1 aliphatic rings. The lowest BCUT2D eigenvalue weighted by Crippen LogP contribution is -2.33. The molecule has 140 valence electrons. The van der Waals surface area contributed by atoms with E-state index in [-0.39, 0.29) is 24.1 Å². The number of amidine groups is 1. The number of rotatable bonds is 6. The van der Waals surface area contributed by atoms with Gasteiger partial charge in [0.15, 0.2) is 5.17 Å². The average molecular weight is 382 g/mol. The molecule has 0 unspecified atom stereocenters. The smallest absolute Gasteiger partial charge is 0.254 e. The van der Waals surface area contributed by atoms with Crippen molar-refractivity contribution < 1.29 is 9.59 Å². The summed E-state index contributed by atoms with van der Waals surface area (Å²) in [5, 5.41) is 3.52. The van der Waals surface area contributed by atoms with Crippen molar-refractivity contribution in [3.05, 3.63) is 65.2 Å². The third-order valence-corrected chi connectivity index (χ3v) is 5.37. The summed E-state index contributed by atoms with van der Waals surface area (Å²) >= 11 is 1.30. The first kappa shape index (κ1) is 19.2. The third-order valence-electron chi connectivity index (χ3n) is 4.39. The Kier molecular flexibility index (Phi) is 6.29. The molecule has 0 aromatic heterocycles. The number of carbonyl (C=O) groups excluding carboxylic acids is 2. The highest BCUT2D eigenvalue weighted by Crippen LogP contribution is 2.24. The van der Waals surface area contributed by atoms with Crippen LogP contribution in [0.1, 0.15) is 16.7 Å². The lowest BCUT2D eigenvalue weighted by Gasteiger charge is -2.18. The number of hydrogen-bond acceptors (Lipinski definition) is 4. The van der Waals surface area contributed by atoms with E-state index in [4.69, 9.17) is 0 Å². The number of carbonyl (C=O) groups is 2. The summed E-state index contributed by atoms with van der Waals surface area (Å²) in [6.45, 7) is 4.80. The molecule has 2 amide bonds. The number of thioether (sulfide) groups is 1. The standard InChI is InChI=1S/C21H23N3O2S/c1-15-7-9-18(10-8-15)24-20(26)13-23-21(24)27-14-19(25)22-12-11-17-6-4-3-5-16(17)2/h3-10H,11-14H2,1-2H3,(H,22,25). The molecule has 27 heavy (non-hydrogen) atoms. The summed E-state index contributed by atoms with van der Waals surface area (Å²) in [4.78, 5) is 30.2. The third kappa shape index (κ3) is 4.98.